The van der Waals surface area contributed by atoms with Gasteiger partial charge in [-0.3, -0.25) is 19.8 Å². The van der Waals surface area contributed by atoms with Crippen LogP contribution in [0, 0.1) is 6.92 Å². The van der Waals surface area contributed by atoms with E-state index in [1.54, 1.807) is 18.5 Å². The molecule has 25 heavy (non-hydrogen) atoms. The summed E-state index contributed by atoms with van der Waals surface area (Å²) in [7, 11) is 0. The van der Waals surface area contributed by atoms with Gasteiger partial charge in [0.15, 0.2) is 0 Å². The normalized spacial score (nSPS) is 15.8. The van der Waals surface area contributed by atoms with Crippen molar-refractivity contribution in [3.63, 3.8) is 0 Å². The summed E-state index contributed by atoms with van der Waals surface area (Å²) in [5, 5.41) is 15.5. The molecule has 2 aromatic heterocycles. The van der Waals surface area contributed by atoms with Crippen molar-refractivity contribution in [3.8, 4) is 0 Å². The standard InChI is InChI=1S/C17H21N5O3/c1-12-3-4-13(9-18-12)16(23)22-6-2-5-21(7-8-22)11-14-10-19-20-15(14)17(24)25/h3-4,9-10H,2,5-8,11H2,1H3,(H,19,20)(H,24,25). The van der Waals surface area contributed by atoms with E-state index in [4.69, 9.17) is 5.11 Å². The van der Waals surface area contributed by atoms with Gasteiger partial charge in [0.1, 0.15) is 5.69 Å². The van der Waals surface area contributed by atoms with E-state index in [9.17, 15) is 9.59 Å². The highest BCUT2D eigenvalue weighted by atomic mass is 16.4. The van der Waals surface area contributed by atoms with Crippen molar-refractivity contribution < 1.29 is 14.7 Å². The number of hydrogen-bond donors (Lipinski definition) is 2. The number of aromatic amines is 1. The molecule has 3 heterocycles. The van der Waals surface area contributed by atoms with Crippen LogP contribution in [0.3, 0.4) is 0 Å². The first-order chi connectivity index (χ1) is 12.0. The fraction of sp³-hybridized carbons (Fsp3) is 0.412. The first-order valence-electron chi connectivity index (χ1n) is 8.24. The lowest BCUT2D eigenvalue weighted by atomic mass is 10.2. The van der Waals surface area contributed by atoms with Gasteiger partial charge in [-0.1, -0.05) is 0 Å². The van der Waals surface area contributed by atoms with Crippen LogP contribution in [0.1, 0.15) is 38.5 Å². The molecule has 0 atom stereocenters. The van der Waals surface area contributed by atoms with Gasteiger partial charge in [-0.2, -0.15) is 5.10 Å². The zero-order valence-corrected chi connectivity index (χ0v) is 14.1. The number of nitrogens with zero attached hydrogens (tertiary/aromatic N) is 4. The number of nitrogens with one attached hydrogen (secondary N) is 1. The summed E-state index contributed by atoms with van der Waals surface area (Å²) >= 11 is 0. The minimum absolute atomic E-state index is 0.0103. The van der Waals surface area contributed by atoms with Crippen LogP contribution in [-0.4, -0.2) is 68.1 Å². The first kappa shape index (κ1) is 17.1. The van der Waals surface area contributed by atoms with Crippen LogP contribution in [0.25, 0.3) is 0 Å². The van der Waals surface area contributed by atoms with Gasteiger partial charge in [-0.25, -0.2) is 4.79 Å². The van der Waals surface area contributed by atoms with E-state index in [-0.39, 0.29) is 11.6 Å². The molecule has 1 amide bonds. The number of aromatic carboxylic acids is 1. The molecule has 2 N–H and O–H groups in total. The molecule has 8 heteroatoms. The maximum absolute atomic E-state index is 12.6. The van der Waals surface area contributed by atoms with E-state index in [0.717, 1.165) is 18.7 Å². The highest BCUT2D eigenvalue weighted by Crippen LogP contribution is 2.13. The molecule has 0 aliphatic carbocycles. The summed E-state index contributed by atoms with van der Waals surface area (Å²) in [6, 6.07) is 3.64. The molecule has 3 rings (SSSR count). The number of carboxylic acids is 1. The van der Waals surface area contributed by atoms with E-state index in [1.165, 1.54) is 0 Å². The lowest BCUT2D eigenvalue weighted by molar-refractivity contribution is 0.0687. The number of carbonyl (C=O) groups is 2. The second-order valence-electron chi connectivity index (χ2n) is 6.19. The lowest BCUT2D eigenvalue weighted by Crippen LogP contribution is -2.35. The van der Waals surface area contributed by atoms with Gasteiger partial charge in [0.2, 0.25) is 0 Å². The van der Waals surface area contributed by atoms with Gasteiger partial charge in [0, 0.05) is 50.2 Å². The number of aryl methyl sites for hydroxylation is 1. The van der Waals surface area contributed by atoms with Crippen LogP contribution < -0.4 is 0 Å². The van der Waals surface area contributed by atoms with E-state index in [0.29, 0.717) is 37.3 Å². The van der Waals surface area contributed by atoms with Gasteiger partial charge >= 0.3 is 5.97 Å². The Morgan fingerprint density at radius 2 is 2.04 bits per heavy atom. The SMILES string of the molecule is Cc1ccc(C(=O)N2CCCN(Cc3cn[nH]c3C(=O)O)CC2)cn1. The van der Waals surface area contributed by atoms with Crippen LogP contribution in [0.2, 0.25) is 0 Å². The number of amides is 1. The molecular formula is C17H21N5O3. The van der Waals surface area contributed by atoms with E-state index >= 15 is 0 Å². The maximum Gasteiger partial charge on any atom is 0.354 e. The Kier molecular flexibility index (Phi) is 5.08. The molecule has 8 nitrogen and oxygen atoms in total. The molecule has 132 valence electrons. The second kappa shape index (κ2) is 7.43. The van der Waals surface area contributed by atoms with Crippen molar-refractivity contribution in [3.05, 3.63) is 47.0 Å². The van der Waals surface area contributed by atoms with Crippen molar-refractivity contribution in [2.75, 3.05) is 26.2 Å². The van der Waals surface area contributed by atoms with Gasteiger partial charge in [0.25, 0.3) is 5.91 Å². The quantitative estimate of drug-likeness (QED) is 0.864. The average Bonchev–Trinajstić information content (AvgIpc) is 2.93. The summed E-state index contributed by atoms with van der Waals surface area (Å²) in [5.41, 5.74) is 2.27. The highest BCUT2D eigenvalue weighted by molar-refractivity contribution is 5.94. The van der Waals surface area contributed by atoms with Gasteiger partial charge < -0.3 is 10.0 Å². The minimum atomic E-state index is -1.01. The minimum Gasteiger partial charge on any atom is -0.477 e. The second-order valence-corrected chi connectivity index (χ2v) is 6.19. The average molecular weight is 343 g/mol. The molecule has 1 saturated heterocycles. The maximum atomic E-state index is 12.6. The predicted molar refractivity (Wildman–Crippen MR) is 90.3 cm³/mol. The molecule has 0 unspecified atom stereocenters. The Morgan fingerprint density at radius 3 is 2.76 bits per heavy atom. The zero-order valence-electron chi connectivity index (χ0n) is 14.1. The zero-order chi connectivity index (χ0) is 17.8. The Morgan fingerprint density at radius 1 is 1.20 bits per heavy atom. The van der Waals surface area contributed by atoms with Gasteiger partial charge in [0.05, 0.1) is 11.8 Å². The van der Waals surface area contributed by atoms with Crippen molar-refractivity contribution in [2.45, 2.75) is 19.9 Å². The molecule has 0 aromatic carbocycles. The van der Waals surface area contributed by atoms with Crippen LogP contribution in [0.15, 0.2) is 24.5 Å². The molecule has 0 bridgehead atoms. The Labute approximate surface area is 145 Å². The van der Waals surface area contributed by atoms with Gasteiger partial charge in [-0.05, 0) is 25.5 Å². The Hall–Kier alpha value is -2.74. The highest BCUT2D eigenvalue weighted by Gasteiger charge is 2.22. The molecular weight excluding hydrogens is 322 g/mol. The van der Waals surface area contributed by atoms with E-state index in [2.05, 4.69) is 20.1 Å². The molecule has 2 aromatic rings. The van der Waals surface area contributed by atoms with Crippen LogP contribution >= 0.6 is 0 Å². The summed E-state index contributed by atoms with van der Waals surface area (Å²) in [4.78, 5) is 31.9. The summed E-state index contributed by atoms with van der Waals surface area (Å²) in [5.74, 6) is -1.02. The number of carboxylic acid groups (broad SMARTS) is 1. The Balaban J connectivity index is 1.62. The van der Waals surface area contributed by atoms with Crippen molar-refractivity contribution in [1.29, 1.82) is 0 Å². The third kappa shape index (κ3) is 4.03. The molecule has 1 fully saturated rings. The van der Waals surface area contributed by atoms with E-state index in [1.807, 2.05) is 17.9 Å². The van der Waals surface area contributed by atoms with Crippen LogP contribution in [0.5, 0.6) is 0 Å². The van der Waals surface area contributed by atoms with Crippen molar-refractivity contribution in [1.82, 2.24) is 25.0 Å². The van der Waals surface area contributed by atoms with E-state index < -0.39 is 5.97 Å². The number of H-pyrrole nitrogens is 1. The summed E-state index contributed by atoms with van der Waals surface area (Å²) in [6.07, 6.45) is 4.01. The molecule has 0 saturated carbocycles. The largest absolute Gasteiger partial charge is 0.477 e. The predicted octanol–water partition coefficient (Wildman–Crippen LogP) is 1.16. The number of carbonyl (C=O) groups excluding carboxylic acids is 1. The first-order valence-corrected chi connectivity index (χ1v) is 8.24. The van der Waals surface area contributed by atoms with Crippen molar-refractivity contribution >= 4 is 11.9 Å². The van der Waals surface area contributed by atoms with Crippen molar-refractivity contribution in [2.24, 2.45) is 0 Å². The molecule has 0 radical (unpaired) electrons. The van der Waals surface area contributed by atoms with Crippen LogP contribution in [0.4, 0.5) is 0 Å². The lowest BCUT2D eigenvalue weighted by Gasteiger charge is -2.22. The number of aromatic nitrogens is 3. The summed E-state index contributed by atoms with van der Waals surface area (Å²) in [6.45, 7) is 5.17. The van der Waals surface area contributed by atoms with Crippen LogP contribution in [-0.2, 0) is 6.54 Å². The Bertz CT molecular complexity index is 756. The number of pyridine rings is 1. The smallest absolute Gasteiger partial charge is 0.354 e. The molecule has 0 spiro atoms. The fourth-order valence-corrected chi connectivity index (χ4v) is 2.97. The molecule has 1 aliphatic rings. The third-order valence-corrected chi connectivity index (χ3v) is 4.36. The topological polar surface area (TPSA) is 102 Å². The monoisotopic (exact) mass is 343 g/mol. The summed E-state index contributed by atoms with van der Waals surface area (Å²) < 4.78 is 0. The fourth-order valence-electron chi connectivity index (χ4n) is 2.97. The number of rotatable bonds is 4. The van der Waals surface area contributed by atoms with Gasteiger partial charge in [-0.15, -0.1) is 0 Å². The number of hydrogen-bond acceptors (Lipinski definition) is 5. The third-order valence-electron chi connectivity index (χ3n) is 4.36. The molecule has 1 aliphatic heterocycles.